The highest BCUT2D eigenvalue weighted by Gasteiger charge is 2.35. The lowest BCUT2D eigenvalue weighted by Crippen LogP contribution is -2.29. The summed E-state index contributed by atoms with van der Waals surface area (Å²) in [7, 11) is 0. The van der Waals surface area contributed by atoms with Crippen molar-refractivity contribution in [2.75, 3.05) is 11.1 Å². The van der Waals surface area contributed by atoms with E-state index in [2.05, 4.69) is 16.7 Å². The molecule has 0 bridgehead atoms. The molecule has 3 aromatic rings. The average Bonchev–Trinajstić information content (AvgIpc) is 2.95. The molecule has 0 spiro atoms. The summed E-state index contributed by atoms with van der Waals surface area (Å²) in [5, 5.41) is 17.5. The van der Waals surface area contributed by atoms with Crippen LogP contribution in [-0.2, 0) is 27.4 Å². The van der Waals surface area contributed by atoms with Gasteiger partial charge in [0.2, 0.25) is 5.91 Å². The lowest BCUT2D eigenvalue weighted by atomic mass is 9.82. The van der Waals surface area contributed by atoms with E-state index in [1.165, 1.54) is 11.8 Å². The Morgan fingerprint density at radius 3 is 2.44 bits per heavy atom. The number of nitrogens with one attached hydrogen (secondary N) is 2. The molecule has 1 amide bonds. The number of allylic oxidation sites excluding steroid dienone is 2. The van der Waals surface area contributed by atoms with E-state index in [1.54, 1.807) is 31.2 Å². The molecule has 0 saturated carbocycles. The second kappa shape index (κ2) is 13.2. The summed E-state index contributed by atoms with van der Waals surface area (Å²) in [6, 6.07) is 26.4. The smallest absolute Gasteiger partial charge is 0.337 e. The Hall–Kier alpha value is -3.99. The molecule has 0 radical (unpaired) electrons. The molecule has 1 atom stereocenters. The summed E-state index contributed by atoms with van der Waals surface area (Å²) in [5.41, 5.74) is 4.64. The molecule has 0 aromatic heterocycles. The predicted molar refractivity (Wildman–Crippen MR) is 156 cm³/mol. The molecule has 8 heteroatoms. The second-order valence-corrected chi connectivity index (χ2v) is 10.3. The molecule has 4 rings (SSSR count). The van der Waals surface area contributed by atoms with Crippen molar-refractivity contribution in [1.82, 2.24) is 5.32 Å². The Morgan fingerprint density at radius 2 is 1.74 bits per heavy atom. The first-order chi connectivity index (χ1) is 18.9. The van der Waals surface area contributed by atoms with Crippen molar-refractivity contribution in [3.05, 3.63) is 122 Å². The maximum absolute atomic E-state index is 13.4. The molecule has 1 heterocycles. The number of para-hydroxylation sites is 1. The van der Waals surface area contributed by atoms with Gasteiger partial charge in [-0.2, -0.15) is 5.26 Å². The number of thioether (sulfide) groups is 1. The van der Waals surface area contributed by atoms with Gasteiger partial charge in [-0.05, 0) is 48.2 Å². The lowest BCUT2D eigenvalue weighted by Gasteiger charge is -2.29. The first-order valence-electron chi connectivity index (χ1n) is 12.5. The maximum atomic E-state index is 13.4. The largest absolute Gasteiger partial charge is 0.457 e. The van der Waals surface area contributed by atoms with Crippen molar-refractivity contribution in [2.45, 2.75) is 32.8 Å². The fourth-order valence-electron chi connectivity index (χ4n) is 4.36. The van der Waals surface area contributed by atoms with Crippen molar-refractivity contribution in [1.29, 1.82) is 5.26 Å². The molecular formula is C31H28ClN3O3S. The number of halogens is 1. The van der Waals surface area contributed by atoms with Crippen LogP contribution in [0.25, 0.3) is 0 Å². The highest BCUT2D eigenvalue weighted by molar-refractivity contribution is 8.03. The van der Waals surface area contributed by atoms with Crippen LogP contribution in [0, 0.1) is 11.3 Å². The molecule has 0 fully saturated rings. The molecule has 0 aliphatic carbocycles. The zero-order valence-electron chi connectivity index (χ0n) is 21.7. The summed E-state index contributed by atoms with van der Waals surface area (Å²) in [5.74, 6) is -1.30. The van der Waals surface area contributed by atoms with Gasteiger partial charge in [-0.15, -0.1) is 0 Å². The van der Waals surface area contributed by atoms with Gasteiger partial charge in [0, 0.05) is 16.4 Å². The van der Waals surface area contributed by atoms with E-state index in [0.717, 1.165) is 28.8 Å². The van der Waals surface area contributed by atoms with Crippen LogP contribution in [0.1, 0.15) is 36.5 Å². The quantitative estimate of drug-likeness (QED) is 0.284. The Kier molecular flexibility index (Phi) is 9.48. The van der Waals surface area contributed by atoms with Crippen LogP contribution in [0.15, 0.2) is 101 Å². The van der Waals surface area contributed by atoms with E-state index >= 15 is 0 Å². The van der Waals surface area contributed by atoms with Gasteiger partial charge in [0.15, 0.2) is 0 Å². The minimum atomic E-state index is -0.678. The van der Waals surface area contributed by atoms with Gasteiger partial charge in [-0.25, -0.2) is 4.79 Å². The van der Waals surface area contributed by atoms with Gasteiger partial charge in [-0.3, -0.25) is 4.79 Å². The van der Waals surface area contributed by atoms with Crippen LogP contribution in [-0.4, -0.2) is 17.6 Å². The number of carbonyl (C=O) groups is 2. The minimum absolute atomic E-state index is 0.0833. The number of amides is 1. The zero-order valence-corrected chi connectivity index (χ0v) is 23.2. The van der Waals surface area contributed by atoms with Crippen molar-refractivity contribution in [3.8, 4) is 6.07 Å². The third-order valence-electron chi connectivity index (χ3n) is 6.30. The topological polar surface area (TPSA) is 91.2 Å². The molecule has 6 nitrogen and oxygen atoms in total. The molecular weight excluding hydrogens is 530 g/mol. The van der Waals surface area contributed by atoms with E-state index in [9.17, 15) is 14.9 Å². The Labute approximate surface area is 237 Å². The molecule has 1 aliphatic rings. The summed E-state index contributed by atoms with van der Waals surface area (Å²) in [4.78, 5) is 26.2. The fourth-order valence-corrected chi connectivity index (χ4v) is 5.38. The highest BCUT2D eigenvalue weighted by Crippen LogP contribution is 2.41. The first-order valence-corrected chi connectivity index (χ1v) is 13.9. The molecule has 0 saturated heterocycles. The molecule has 1 aliphatic heterocycles. The lowest BCUT2D eigenvalue weighted by molar-refractivity contribution is -0.140. The fraction of sp³-hybridized carbons (Fsp3) is 0.194. The number of esters is 1. The number of hydrogen-bond donors (Lipinski definition) is 2. The van der Waals surface area contributed by atoms with Gasteiger partial charge < -0.3 is 15.4 Å². The number of hydrogen-bond acceptors (Lipinski definition) is 6. The Balaban J connectivity index is 1.59. The third-order valence-corrected chi connectivity index (χ3v) is 7.57. The number of rotatable bonds is 9. The number of carbonyl (C=O) groups excluding carboxylic acids is 2. The SMILES string of the molecule is CCc1ccccc1NC(=O)CSC1=C(C#N)C(c2ccc(Cl)cc2)C(C(=O)OCc2ccccc2)=C(C)N1. The molecule has 2 N–H and O–H groups in total. The number of nitriles is 1. The average molecular weight is 558 g/mol. The monoisotopic (exact) mass is 557 g/mol. The number of nitrogens with zero attached hydrogens (tertiary/aromatic N) is 1. The van der Waals surface area contributed by atoms with Crippen LogP contribution in [0.5, 0.6) is 0 Å². The second-order valence-electron chi connectivity index (χ2n) is 8.91. The third kappa shape index (κ3) is 6.91. The highest BCUT2D eigenvalue weighted by atomic mass is 35.5. The number of aryl methyl sites for hydroxylation is 1. The van der Waals surface area contributed by atoms with E-state index in [1.807, 2.05) is 61.5 Å². The van der Waals surface area contributed by atoms with Crippen LogP contribution in [0.3, 0.4) is 0 Å². The van der Waals surface area contributed by atoms with Crippen LogP contribution >= 0.6 is 23.4 Å². The summed E-state index contributed by atoms with van der Waals surface area (Å²) in [6.07, 6.45) is 0.796. The van der Waals surface area contributed by atoms with Gasteiger partial charge in [0.1, 0.15) is 6.61 Å². The number of benzene rings is 3. The molecule has 198 valence electrons. The van der Waals surface area contributed by atoms with Gasteiger partial charge in [0.25, 0.3) is 0 Å². The number of dihydropyridines is 1. The van der Waals surface area contributed by atoms with Gasteiger partial charge in [-0.1, -0.05) is 91.0 Å². The van der Waals surface area contributed by atoms with E-state index in [0.29, 0.717) is 26.9 Å². The zero-order chi connectivity index (χ0) is 27.8. The van der Waals surface area contributed by atoms with E-state index in [-0.39, 0.29) is 18.3 Å². The van der Waals surface area contributed by atoms with Crippen LogP contribution < -0.4 is 10.6 Å². The maximum Gasteiger partial charge on any atom is 0.337 e. The predicted octanol–water partition coefficient (Wildman–Crippen LogP) is 6.71. The van der Waals surface area contributed by atoms with Gasteiger partial charge in [0.05, 0.1) is 33.9 Å². The van der Waals surface area contributed by atoms with Crippen LogP contribution in [0.4, 0.5) is 5.69 Å². The molecule has 1 unspecified atom stereocenters. The number of ether oxygens (including phenoxy) is 1. The van der Waals surface area contributed by atoms with Gasteiger partial charge >= 0.3 is 5.97 Å². The van der Waals surface area contributed by atoms with Crippen molar-refractivity contribution >= 4 is 40.9 Å². The summed E-state index contributed by atoms with van der Waals surface area (Å²) in [6.45, 7) is 3.91. The molecule has 39 heavy (non-hydrogen) atoms. The van der Waals surface area contributed by atoms with Crippen molar-refractivity contribution in [2.24, 2.45) is 0 Å². The standard InChI is InChI=1S/C31H28ClN3O3S/c1-3-22-11-7-8-12-26(22)35-27(36)19-39-30-25(17-33)29(23-13-15-24(32)16-14-23)28(20(2)34-30)31(37)38-18-21-9-5-4-6-10-21/h4-16,29,34H,3,18-19H2,1-2H3,(H,35,36). The van der Waals surface area contributed by atoms with Crippen molar-refractivity contribution < 1.29 is 14.3 Å². The van der Waals surface area contributed by atoms with Crippen molar-refractivity contribution in [3.63, 3.8) is 0 Å². The normalized spacial score (nSPS) is 14.9. The summed E-state index contributed by atoms with van der Waals surface area (Å²) >= 11 is 7.35. The van der Waals surface area contributed by atoms with E-state index in [4.69, 9.17) is 16.3 Å². The number of anilines is 1. The summed E-state index contributed by atoms with van der Waals surface area (Å²) < 4.78 is 5.66. The minimum Gasteiger partial charge on any atom is -0.457 e. The Morgan fingerprint density at radius 1 is 1.05 bits per heavy atom. The van der Waals surface area contributed by atoms with Crippen LogP contribution in [0.2, 0.25) is 5.02 Å². The molecule has 3 aromatic carbocycles. The first kappa shape index (κ1) is 28.0. The van der Waals surface area contributed by atoms with E-state index < -0.39 is 11.9 Å². The Bertz CT molecular complexity index is 1460.